The van der Waals surface area contributed by atoms with Crippen molar-refractivity contribution in [3.63, 3.8) is 0 Å². The Hall–Kier alpha value is -9.16. The van der Waals surface area contributed by atoms with Gasteiger partial charge in [0.05, 0.1) is 13.5 Å². The van der Waals surface area contributed by atoms with Crippen LogP contribution in [0.15, 0.2) is 206 Å². The smallest absolute Gasteiger partial charge is 0.407 e. The third-order valence-electron chi connectivity index (χ3n) is 14.6. The molecular weight excluding hydrogens is 987 g/mol. The second-order valence-corrected chi connectivity index (χ2v) is 21.1. The van der Waals surface area contributed by atoms with Gasteiger partial charge in [-0.2, -0.15) is 0 Å². The first-order chi connectivity index (χ1) is 38.3. The molecule has 0 spiro atoms. The Balaban J connectivity index is 0.936. The van der Waals surface area contributed by atoms with Crippen LogP contribution in [0.3, 0.4) is 0 Å². The lowest BCUT2D eigenvalue weighted by atomic mass is 9.77. The van der Waals surface area contributed by atoms with E-state index in [2.05, 4.69) is 33.4 Å². The SMILES string of the molecule is COc1ccc(CCN2Cc3cc(NC(=O)[C@H](CC(=O)NC(c4ccccc4)(c4ccccc4)c4ccccc4)NC(=O)OCC4c5ccccc5-c5ccccc54)ccc3N[C@@H](Cc3ccc(OC(C)(C)C)cc3)C2=O)cc1. The van der Waals surface area contributed by atoms with Crippen LogP contribution in [-0.2, 0) is 44.0 Å². The van der Waals surface area contributed by atoms with Gasteiger partial charge in [-0.3, -0.25) is 14.4 Å². The maximum absolute atomic E-state index is 15.0. The summed E-state index contributed by atoms with van der Waals surface area (Å²) in [5.74, 6) is 0.0438. The van der Waals surface area contributed by atoms with E-state index in [1.807, 2.05) is 214 Å². The Morgan fingerprint density at radius 3 is 1.77 bits per heavy atom. The van der Waals surface area contributed by atoms with Gasteiger partial charge in [-0.15, -0.1) is 0 Å². The van der Waals surface area contributed by atoms with E-state index in [1.165, 1.54) is 0 Å². The van der Waals surface area contributed by atoms with Gasteiger partial charge in [0.15, 0.2) is 0 Å². The normalized spacial score (nSPS) is 14.3. The Morgan fingerprint density at radius 2 is 1.20 bits per heavy atom. The fourth-order valence-electron chi connectivity index (χ4n) is 10.8. The number of ether oxygens (including phenoxy) is 3. The summed E-state index contributed by atoms with van der Waals surface area (Å²) in [5, 5.41) is 12.7. The highest BCUT2D eigenvalue weighted by molar-refractivity contribution is 6.00. The van der Waals surface area contributed by atoms with Crippen molar-refractivity contribution in [2.75, 3.05) is 30.9 Å². The maximum atomic E-state index is 15.0. The Morgan fingerprint density at radius 1 is 0.658 bits per heavy atom. The first-order valence-corrected chi connectivity index (χ1v) is 26.8. The molecule has 8 aromatic carbocycles. The minimum absolute atomic E-state index is 0.00293. The van der Waals surface area contributed by atoms with Crippen molar-refractivity contribution in [2.45, 2.75) is 75.7 Å². The van der Waals surface area contributed by atoms with E-state index < -0.39 is 42.0 Å². The Bertz CT molecular complexity index is 3280. The summed E-state index contributed by atoms with van der Waals surface area (Å²) < 4.78 is 17.5. The van der Waals surface area contributed by atoms with Gasteiger partial charge in [0.2, 0.25) is 17.7 Å². The van der Waals surface area contributed by atoms with Crippen LogP contribution in [0.25, 0.3) is 11.1 Å². The number of nitrogens with one attached hydrogen (secondary N) is 4. The van der Waals surface area contributed by atoms with Crippen molar-refractivity contribution in [1.29, 1.82) is 0 Å². The van der Waals surface area contributed by atoms with Crippen molar-refractivity contribution in [3.8, 4) is 22.6 Å². The number of alkyl carbamates (subject to hydrolysis) is 1. The van der Waals surface area contributed by atoms with Crippen LogP contribution in [0.2, 0.25) is 0 Å². The number of fused-ring (bicyclic) bond motifs is 4. The fraction of sp³-hybridized carbons (Fsp3) is 0.224. The number of carbonyl (C=O) groups excluding carboxylic acids is 4. The minimum atomic E-state index is -1.40. The molecule has 1 heterocycles. The zero-order valence-electron chi connectivity index (χ0n) is 44.9. The lowest BCUT2D eigenvalue weighted by molar-refractivity contribution is -0.132. The van der Waals surface area contributed by atoms with E-state index in [0.717, 1.165) is 72.8 Å². The van der Waals surface area contributed by atoms with E-state index in [-0.39, 0.29) is 30.6 Å². The van der Waals surface area contributed by atoms with E-state index in [1.54, 1.807) is 13.2 Å². The number of amides is 4. The summed E-state index contributed by atoms with van der Waals surface area (Å²) in [6.45, 7) is 6.68. The van der Waals surface area contributed by atoms with E-state index in [9.17, 15) is 19.2 Å². The average Bonchev–Trinajstić information content (AvgIpc) is 3.94. The monoisotopic (exact) mass is 1050 g/mol. The third-order valence-corrected chi connectivity index (χ3v) is 14.6. The molecular formula is C67H65N5O7. The molecule has 400 valence electrons. The van der Waals surface area contributed by atoms with Crippen LogP contribution >= 0.6 is 0 Å². The van der Waals surface area contributed by atoms with Gasteiger partial charge in [-0.25, -0.2) is 4.79 Å². The molecule has 4 N–H and O–H groups in total. The Kier molecular flexibility index (Phi) is 15.9. The third kappa shape index (κ3) is 12.3. The topological polar surface area (TPSA) is 147 Å². The van der Waals surface area contributed by atoms with Gasteiger partial charge in [0, 0.05) is 36.8 Å². The maximum Gasteiger partial charge on any atom is 0.407 e. The van der Waals surface area contributed by atoms with E-state index >= 15 is 0 Å². The first kappa shape index (κ1) is 53.2. The minimum Gasteiger partial charge on any atom is -0.497 e. The fourth-order valence-corrected chi connectivity index (χ4v) is 10.8. The second kappa shape index (κ2) is 23.6. The van der Waals surface area contributed by atoms with Crippen LogP contribution in [0, 0.1) is 0 Å². The average molecular weight is 1050 g/mol. The van der Waals surface area contributed by atoms with Gasteiger partial charge in [0.25, 0.3) is 0 Å². The van der Waals surface area contributed by atoms with Crippen LogP contribution in [0.4, 0.5) is 16.2 Å². The summed E-state index contributed by atoms with van der Waals surface area (Å²) in [6.07, 6.45) is -0.292. The Labute approximate surface area is 462 Å². The number of methoxy groups -OCH3 is 1. The van der Waals surface area contributed by atoms with Crippen molar-refractivity contribution >= 4 is 35.2 Å². The summed E-state index contributed by atoms with van der Waals surface area (Å²) >= 11 is 0. The highest BCUT2D eigenvalue weighted by atomic mass is 16.5. The van der Waals surface area contributed by atoms with Crippen LogP contribution < -0.4 is 30.7 Å². The molecule has 0 unspecified atom stereocenters. The van der Waals surface area contributed by atoms with Gasteiger partial charge in [-0.05, 0) is 125 Å². The number of hydrogen-bond donors (Lipinski definition) is 4. The molecule has 4 amide bonds. The zero-order chi connectivity index (χ0) is 54.9. The number of rotatable bonds is 18. The van der Waals surface area contributed by atoms with E-state index in [0.29, 0.717) is 25.1 Å². The molecule has 10 rings (SSSR count). The van der Waals surface area contributed by atoms with Crippen molar-refractivity contribution in [1.82, 2.24) is 15.5 Å². The number of carbonyl (C=O) groups is 4. The molecule has 0 radical (unpaired) electrons. The van der Waals surface area contributed by atoms with Crippen molar-refractivity contribution in [3.05, 3.63) is 251 Å². The summed E-state index contributed by atoms with van der Waals surface area (Å²) in [7, 11) is 1.63. The highest BCUT2D eigenvalue weighted by Crippen LogP contribution is 2.45. The molecule has 1 aliphatic heterocycles. The molecule has 0 saturated heterocycles. The molecule has 2 atom stereocenters. The predicted octanol–water partition coefficient (Wildman–Crippen LogP) is 11.8. The number of anilines is 2. The van der Waals surface area contributed by atoms with Gasteiger partial charge >= 0.3 is 6.09 Å². The largest absolute Gasteiger partial charge is 0.497 e. The van der Waals surface area contributed by atoms with Crippen LogP contribution in [0.1, 0.15) is 77.6 Å². The lowest BCUT2D eigenvalue weighted by Gasteiger charge is -2.37. The predicted molar refractivity (Wildman–Crippen MR) is 309 cm³/mol. The molecule has 0 saturated carbocycles. The molecule has 8 aromatic rings. The number of hydrogen-bond acceptors (Lipinski definition) is 8. The quantitative estimate of drug-likeness (QED) is 0.0621. The van der Waals surface area contributed by atoms with Gasteiger partial charge in [0.1, 0.15) is 41.3 Å². The standard InChI is InChI=1S/C67H65N5O7/c1-66(2,3)79-53-35-30-46(31-36-53)40-61-64(75)72(39-38-45-28-33-52(77-4)34-29-45)43-47-41-51(32-37-59(47)69-61)68-63(74)60(70-65(76)78-44-58-56-26-16-14-24-54(56)55-25-15-17-27-57(55)58)42-62(73)71-67(48-18-8-5-9-19-48,49-20-10-6-11-21-49)50-22-12-7-13-23-50/h5-37,41,58,60-61,69H,38-40,42-44H2,1-4H3,(H,68,74)(H,70,76)(H,71,73)/t60-,61-/m0/s1. The first-order valence-electron chi connectivity index (χ1n) is 26.8. The van der Waals surface area contributed by atoms with Gasteiger partial charge < -0.3 is 40.4 Å². The second-order valence-electron chi connectivity index (χ2n) is 21.1. The molecule has 1 aliphatic carbocycles. The molecule has 12 heteroatoms. The summed E-state index contributed by atoms with van der Waals surface area (Å²) in [4.78, 5) is 60.5. The molecule has 2 aliphatic rings. The molecule has 79 heavy (non-hydrogen) atoms. The number of nitrogens with zero attached hydrogens (tertiary/aromatic N) is 1. The zero-order valence-corrected chi connectivity index (χ0v) is 44.9. The molecule has 12 nitrogen and oxygen atoms in total. The van der Waals surface area contributed by atoms with Crippen molar-refractivity contribution < 1.29 is 33.4 Å². The summed E-state index contributed by atoms with van der Waals surface area (Å²) in [5.41, 5.74) is 9.01. The molecule has 0 fully saturated rings. The van der Waals surface area contributed by atoms with E-state index in [4.69, 9.17) is 14.2 Å². The van der Waals surface area contributed by atoms with Crippen LogP contribution in [-0.4, -0.2) is 66.7 Å². The number of benzene rings is 8. The molecule has 0 aromatic heterocycles. The van der Waals surface area contributed by atoms with Crippen LogP contribution in [0.5, 0.6) is 11.5 Å². The van der Waals surface area contributed by atoms with Crippen molar-refractivity contribution in [2.24, 2.45) is 0 Å². The summed E-state index contributed by atoms with van der Waals surface area (Å²) in [6, 6.07) is 64.3. The highest BCUT2D eigenvalue weighted by Gasteiger charge is 2.40. The van der Waals surface area contributed by atoms with Gasteiger partial charge in [-0.1, -0.05) is 164 Å². The molecule has 0 bridgehead atoms. The lowest BCUT2D eigenvalue weighted by Crippen LogP contribution is -2.52.